The van der Waals surface area contributed by atoms with Gasteiger partial charge < -0.3 is 15.4 Å². The number of hydrogen-bond donors (Lipinski definition) is 3. The molecule has 1 aliphatic heterocycles. The summed E-state index contributed by atoms with van der Waals surface area (Å²) in [6.07, 6.45) is 3.96. The Kier molecular flexibility index (Phi) is 4.45. The van der Waals surface area contributed by atoms with Gasteiger partial charge in [0.15, 0.2) is 0 Å². The molecule has 3 atom stereocenters. The second-order valence-electron chi connectivity index (χ2n) is 6.80. The topological polar surface area (TPSA) is 82.9 Å². The summed E-state index contributed by atoms with van der Waals surface area (Å²) in [5.74, 6) is 0. The predicted molar refractivity (Wildman–Crippen MR) is 99.0 cm³/mol. The lowest BCUT2D eigenvalue weighted by atomic mass is 9.98. The van der Waals surface area contributed by atoms with Gasteiger partial charge in [0.05, 0.1) is 17.1 Å². The SMILES string of the molecule is C[C@H](CCc1cnsc1)N[C@@H]1CCn2c(=O)[nH]c3cccc(c32)[C@H]1O. The molecule has 0 bridgehead atoms. The van der Waals surface area contributed by atoms with Crippen LogP contribution in [0, 0.1) is 0 Å². The molecule has 1 aliphatic rings. The number of H-pyrrole nitrogens is 1. The van der Waals surface area contributed by atoms with Gasteiger partial charge in [-0.15, -0.1) is 0 Å². The van der Waals surface area contributed by atoms with Crippen molar-refractivity contribution in [1.82, 2.24) is 19.2 Å². The van der Waals surface area contributed by atoms with Gasteiger partial charge in [0.1, 0.15) is 0 Å². The number of benzene rings is 1. The van der Waals surface area contributed by atoms with Crippen LogP contribution in [0.2, 0.25) is 0 Å². The first-order chi connectivity index (χ1) is 12.1. The molecule has 0 fully saturated rings. The Morgan fingerprint density at radius 1 is 1.52 bits per heavy atom. The average molecular weight is 358 g/mol. The van der Waals surface area contributed by atoms with Gasteiger partial charge in [-0.3, -0.25) is 4.57 Å². The van der Waals surface area contributed by atoms with E-state index in [2.05, 4.69) is 27.0 Å². The molecule has 6 nitrogen and oxygen atoms in total. The third kappa shape index (κ3) is 3.15. The van der Waals surface area contributed by atoms with E-state index in [1.165, 1.54) is 17.1 Å². The van der Waals surface area contributed by atoms with Crippen LogP contribution in [-0.4, -0.2) is 31.1 Å². The highest BCUT2D eigenvalue weighted by Crippen LogP contribution is 2.30. The van der Waals surface area contributed by atoms with Crippen LogP contribution in [0.25, 0.3) is 11.0 Å². The van der Waals surface area contributed by atoms with Gasteiger partial charge in [-0.05, 0) is 49.3 Å². The van der Waals surface area contributed by atoms with Crippen LogP contribution in [0.4, 0.5) is 0 Å². The van der Waals surface area contributed by atoms with Crippen molar-refractivity contribution in [1.29, 1.82) is 0 Å². The van der Waals surface area contributed by atoms with Crippen molar-refractivity contribution in [2.45, 2.75) is 50.9 Å². The van der Waals surface area contributed by atoms with Gasteiger partial charge in [0, 0.05) is 35.8 Å². The molecule has 0 saturated carbocycles. The molecule has 2 aromatic heterocycles. The summed E-state index contributed by atoms with van der Waals surface area (Å²) < 4.78 is 5.88. The normalized spacial score (nSPS) is 21.4. The molecule has 3 heterocycles. The highest BCUT2D eigenvalue weighted by atomic mass is 32.1. The molecule has 0 radical (unpaired) electrons. The average Bonchev–Trinajstić information content (AvgIpc) is 3.19. The smallest absolute Gasteiger partial charge is 0.326 e. The lowest BCUT2D eigenvalue weighted by Crippen LogP contribution is -2.41. The van der Waals surface area contributed by atoms with E-state index in [9.17, 15) is 9.90 Å². The fraction of sp³-hybridized carbons (Fsp3) is 0.444. The van der Waals surface area contributed by atoms with Crippen molar-refractivity contribution < 1.29 is 5.11 Å². The minimum atomic E-state index is -0.627. The Hall–Kier alpha value is -1.96. The summed E-state index contributed by atoms with van der Waals surface area (Å²) in [7, 11) is 0. The Morgan fingerprint density at radius 2 is 2.40 bits per heavy atom. The summed E-state index contributed by atoms with van der Waals surface area (Å²) in [6.45, 7) is 2.75. The number of nitrogens with one attached hydrogen (secondary N) is 2. The molecule has 3 aromatic rings. The third-order valence-corrected chi connectivity index (χ3v) is 5.67. The molecule has 132 valence electrons. The minimum absolute atomic E-state index is 0.0690. The number of nitrogens with zero attached hydrogens (tertiary/aromatic N) is 2. The van der Waals surface area contributed by atoms with Crippen LogP contribution in [0.1, 0.15) is 37.0 Å². The molecule has 3 N–H and O–H groups in total. The van der Waals surface area contributed by atoms with Crippen molar-refractivity contribution >= 4 is 22.6 Å². The van der Waals surface area contributed by atoms with Crippen LogP contribution < -0.4 is 11.0 Å². The Morgan fingerprint density at radius 3 is 3.20 bits per heavy atom. The first-order valence-electron chi connectivity index (χ1n) is 8.67. The second kappa shape index (κ2) is 6.74. The number of aromatic amines is 1. The van der Waals surface area contributed by atoms with Gasteiger partial charge in [-0.1, -0.05) is 12.1 Å². The summed E-state index contributed by atoms with van der Waals surface area (Å²) in [4.78, 5) is 15.0. The van der Waals surface area contributed by atoms with Gasteiger partial charge in [-0.25, -0.2) is 9.17 Å². The van der Waals surface area contributed by atoms with E-state index >= 15 is 0 Å². The van der Waals surface area contributed by atoms with Crippen molar-refractivity contribution in [3.05, 3.63) is 51.4 Å². The van der Waals surface area contributed by atoms with Crippen LogP contribution in [0.15, 0.2) is 34.6 Å². The lowest BCUT2D eigenvalue weighted by Gasteiger charge is -2.26. The number of imidazole rings is 1. The van der Waals surface area contributed by atoms with Crippen molar-refractivity contribution in [3.63, 3.8) is 0 Å². The zero-order valence-corrected chi connectivity index (χ0v) is 14.9. The quantitative estimate of drug-likeness (QED) is 0.653. The highest BCUT2D eigenvalue weighted by Gasteiger charge is 2.29. The molecule has 0 amide bonds. The largest absolute Gasteiger partial charge is 0.387 e. The summed E-state index contributed by atoms with van der Waals surface area (Å²) in [5.41, 5.74) is 3.60. The summed E-state index contributed by atoms with van der Waals surface area (Å²) in [6, 6.07) is 5.89. The number of aryl methyl sites for hydroxylation is 2. The zero-order chi connectivity index (χ0) is 17.4. The third-order valence-electron chi connectivity index (χ3n) is 5.04. The molecule has 0 unspecified atom stereocenters. The maximum absolute atomic E-state index is 12.2. The monoisotopic (exact) mass is 358 g/mol. The fourth-order valence-electron chi connectivity index (χ4n) is 3.70. The Labute approximate surface area is 149 Å². The van der Waals surface area contributed by atoms with E-state index in [-0.39, 0.29) is 17.8 Å². The summed E-state index contributed by atoms with van der Waals surface area (Å²) in [5, 5.41) is 16.6. The number of aliphatic hydroxyl groups is 1. The fourth-order valence-corrected chi connectivity index (χ4v) is 4.27. The summed E-state index contributed by atoms with van der Waals surface area (Å²) >= 11 is 1.48. The molecule has 0 saturated heterocycles. The number of hydrogen-bond acceptors (Lipinski definition) is 5. The molecule has 1 aromatic carbocycles. The minimum Gasteiger partial charge on any atom is -0.387 e. The lowest BCUT2D eigenvalue weighted by molar-refractivity contribution is 0.119. The second-order valence-corrected chi connectivity index (χ2v) is 7.46. The van der Waals surface area contributed by atoms with Crippen molar-refractivity contribution in [3.8, 4) is 0 Å². The Balaban J connectivity index is 1.51. The van der Waals surface area contributed by atoms with Crippen LogP contribution in [-0.2, 0) is 13.0 Å². The van der Waals surface area contributed by atoms with E-state index < -0.39 is 6.10 Å². The van der Waals surface area contributed by atoms with Crippen molar-refractivity contribution in [2.75, 3.05) is 0 Å². The first-order valence-corrected chi connectivity index (χ1v) is 9.51. The van der Waals surface area contributed by atoms with Crippen molar-refractivity contribution in [2.24, 2.45) is 0 Å². The molecule has 25 heavy (non-hydrogen) atoms. The van der Waals surface area contributed by atoms with Crippen LogP contribution >= 0.6 is 11.5 Å². The number of aliphatic hydroxyl groups excluding tert-OH is 1. The Bertz CT molecular complexity index is 915. The molecule has 0 spiro atoms. The van der Waals surface area contributed by atoms with Gasteiger partial charge in [0.25, 0.3) is 0 Å². The molecular weight excluding hydrogens is 336 g/mol. The maximum atomic E-state index is 12.2. The van der Waals surface area contributed by atoms with E-state index in [0.29, 0.717) is 13.0 Å². The number of para-hydroxylation sites is 1. The molecule has 4 rings (SSSR count). The van der Waals surface area contributed by atoms with Crippen LogP contribution in [0.3, 0.4) is 0 Å². The van der Waals surface area contributed by atoms with E-state index in [1.54, 1.807) is 4.57 Å². The van der Waals surface area contributed by atoms with E-state index in [4.69, 9.17) is 0 Å². The first kappa shape index (κ1) is 16.5. The number of aromatic nitrogens is 3. The van der Waals surface area contributed by atoms with E-state index in [1.807, 2.05) is 24.4 Å². The predicted octanol–water partition coefficient (Wildman–Crippen LogP) is 2.20. The molecular formula is C18H22N4O2S. The molecule has 0 aliphatic carbocycles. The van der Waals surface area contributed by atoms with Gasteiger partial charge >= 0.3 is 5.69 Å². The highest BCUT2D eigenvalue weighted by molar-refractivity contribution is 7.03. The molecule has 7 heteroatoms. The van der Waals surface area contributed by atoms with E-state index in [0.717, 1.165) is 29.4 Å². The van der Waals surface area contributed by atoms with Gasteiger partial charge in [0.2, 0.25) is 0 Å². The number of rotatable bonds is 5. The van der Waals surface area contributed by atoms with Gasteiger partial charge in [-0.2, -0.15) is 0 Å². The zero-order valence-electron chi connectivity index (χ0n) is 14.1. The standard InChI is InChI=1S/C18H22N4O2S/c1-11(5-6-12-9-19-25-10-12)20-15-7-8-22-16-13(17(15)23)3-2-4-14(16)21-18(22)24/h2-4,9-11,15,17,20,23H,5-8H2,1H3,(H,21,24)/t11-,15-,17-/m1/s1. The maximum Gasteiger partial charge on any atom is 0.326 e. The van der Waals surface area contributed by atoms with Crippen LogP contribution in [0.5, 0.6) is 0 Å².